The highest BCUT2D eigenvalue weighted by molar-refractivity contribution is 6.17. The van der Waals surface area contributed by atoms with E-state index >= 15 is 0 Å². The minimum atomic E-state index is 0.0261. The Hall–Kier alpha value is -1.06. The molecule has 0 bridgehead atoms. The Labute approximate surface area is 113 Å². The fraction of sp³-hybridized carbons (Fsp3) is 0.500. The molecule has 1 N–H and O–H groups in total. The zero-order valence-corrected chi connectivity index (χ0v) is 11.7. The fourth-order valence-electron chi connectivity index (χ4n) is 1.65. The first-order valence-corrected chi connectivity index (χ1v) is 6.63. The lowest BCUT2D eigenvalue weighted by atomic mass is 10.0. The molecule has 0 radical (unpaired) electrons. The topological polar surface area (TPSA) is 38.3 Å². The minimum absolute atomic E-state index is 0.0261. The molecule has 1 amide bonds. The van der Waals surface area contributed by atoms with Gasteiger partial charge in [-0.2, -0.15) is 0 Å². The molecule has 0 aliphatic carbocycles. The third-order valence-electron chi connectivity index (χ3n) is 2.65. The van der Waals surface area contributed by atoms with Crippen LogP contribution in [0.1, 0.15) is 16.7 Å². The summed E-state index contributed by atoms with van der Waals surface area (Å²) in [5.41, 5.74) is 3.40. The molecule has 0 saturated carbocycles. The molecule has 0 unspecified atom stereocenters. The zero-order valence-electron chi connectivity index (χ0n) is 11.0. The van der Waals surface area contributed by atoms with E-state index in [1.165, 1.54) is 5.56 Å². The lowest BCUT2D eigenvalue weighted by molar-refractivity contribution is -0.120. The largest absolute Gasteiger partial charge is 0.378 e. The molecule has 0 aromatic heterocycles. The number of carbonyl (C=O) groups is 1. The Bertz CT molecular complexity index is 393. The van der Waals surface area contributed by atoms with Crippen molar-refractivity contribution in [3.05, 3.63) is 34.9 Å². The Morgan fingerprint density at radius 1 is 1.33 bits per heavy atom. The molecule has 0 heterocycles. The van der Waals surface area contributed by atoms with Crippen molar-refractivity contribution < 1.29 is 9.53 Å². The summed E-state index contributed by atoms with van der Waals surface area (Å²) in [7, 11) is 0. The summed E-state index contributed by atoms with van der Waals surface area (Å²) in [6.45, 7) is 5.60. The van der Waals surface area contributed by atoms with Crippen LogP contribution in [0, 0.1) is 13.8 Å². The van der Waals surface area contributed by atoms with Crippen LogP contribution in [-0.2, 0) is 16.0 Å². The molecule has 0 saturated heterocycles. The van der Waals surface area contributed by atoms with Crippen molar-refractivity contribution in [2.75, 3.05) is 25.6 Å². The predicted molar refractivity (Wildman–Crippen MR) is 74.2 cm³/mol. The molecule has 1 aromatic rings. The Morgan fingerprint density at radius 2 is 2.11 bits per heavy atom. The molecular formula is C14H20ClNO2. The van der Waals surface area contributed by atoms with Crippen LogP contribution in [0.4, 0.5) is 0 Å². The zero-order chi connectivity index (χ0) is 13.4. The van der Waals surface area contributed by atoms with Crippen LogP contribution in [0.2, 0.25) is 0 Å². The number of alkyl halides is 1. The number of benzene rings is 1. The maximum atomic E-state index is 11.7. The van der Waals surface area contributed by atoms with Crippen LogP contribution in [0.3, 0.4) is 0 Å². The van der Waals surface area contributed by atoms with E-state index in [-0.39, 0.29) is 5.91 Å². The molecule has 0 aliphatic rings. The Balaban J connectivity index is 2.33. The van der Waals surface area contributed by atoms with Crippen molar-refractivity contribution in [1.82, 2.24) is 5.32 Å². The van der Waals surface area contributed by atoms with Gasteiger partial charge in [0, 0.05) is 12.4 Å². The summed E-state index contributed by atoms with van der Waals surface area (Å²) in [5.74, 6) is 0.509. The van der Waals surface area contributed by atoms with Crippen LogP contribution >= 0.6 is 11.6 Å². The third-order valence-corrected chi connectivity index (χ3v) is 2.80. The molecule has 0 spiro atoms. The van der Waals surface area contributed by atoms with Crippen molar-refractivity contribution in [2.45, 2.75) is 20.3 Å². The minimum Gasteiger partial charge on any atom is -0.378 e. The number of carbonyl (C=O) groups excluding carboxylic acids is 1. The van der Waals surface area contributed by atoms with E-state index in [4.69, 9.17) is 16.3 Å². The number of aryl methyl sites for hydroxylation is 2. The average molecular weight is 270 g/mol. The first-order valence-electron chi connectivity index (χ1n) is 6.10. The van der Waals surface area contributed by atoms with Crippen LogP contribution in [0.15, 0.2) is 18.2 Å². The number of rotatable bonds is 7. The van der Waals surface area contributed by atoms with Crippen molar-refractivity contribution in [1.29, 1.82) is 0 Å². The maximum Gasteiger partial charge on any atom is 0.224 e. The molecule has 100 valence electrons. The van der Waals surface area contributed by atoms with Gasteiger partial charge in [0.05, 0.1) is 19.6 Å². The van der Waals surface area contributed by atoms with Crippen molar-refractivity contribution in [3.63, 3.8) is 0 Å². The molecule has 0 atom stereocenters. The third kappa shape index (κ3) is 5.52. The van der Waals surface area contributed by atoms with Gasteiger partial charge in [-0.1, -0.05) is 23.8 Å². The van der Waals surface area contributed by atoms with Gasteiger partial charge in [0.15, 0.2) is 0 Å². The van der Waals surface area contributed by atoms with E-state index in [1.807, 2.05) is 19.9 Å². The van der Waals surface area contributed by atoms with Gasteiger partial charge < -0.3 is 10.1 Å². The van der Waals surface area contributed by atoms with Crippen molar-refractivity contribution in [3.8, 4) is 0 Å². The summed E-state index contributed by atoms with van der Waals surface area (Å²) in [6.07, 6.45) is 0.420. The summed E-state index contributed by atoms with van der Waals surface area (Å²) < 4.78 is 5.18. The highest BCUT2D eigenvalue weighted by atomic mass is 35.5. The second kappa shape index (κ2) is 8.11. The lowest BCUT2D eigenvalue weighted by Gasteiger charge is -2.08. The van der Waals surface area contributed by atoms with Gasteiger partial charge in [0.1, 0.15) is 0 Å². The van der Waals surface area contributed by atoms with Crippen LogP contribution in [0.5, 0.6) is 0 Å². The van der Waals surface area contributed by atoms with Crippen LogP contribution in [0.25, 0.3) is 0 Å². The van der Waals surface area contributed by atoms with Gasteiger partial charge in [-0.25, -0.2) is 0 Å². The highest BCUT2D eigenvalue weighted by Gasteiger charge is 2.05. The Kier molecular flexibility index (Phi) is 6.76. The van der Waals surface area contributed by atoms with E-state index in [1.54, 1.807) is 0 Å². The Morgan fingerprint density at radius 3 is 2.83 bits per heavy atom. The molecule has 0 fully saturated rings. The highest BCUT2D eigenvalue weighted by Crippen LogP contribution is 2.11. The summed E-state index contributed by atoms with van der Waals surface area (Å²) in [6, 6.07) is 6.15. The predicted octanol–water partition coefficient (Wildman–Crippen LogP) is 2.22. The summed E-state index contributed by atoms with van der Waals surface area (Å²) >= 11 is 5.47. The van der Waals surface area contributed by atoms with Gasteiger partial charge in [0.25, 0.3) is 0 Å². The molecule has 3 nitrogen and oxygen atoms in total. The number of halogens is 1. The smallest absolute Gasteiger partial charge is 0.224 e. The maximum absolute atomic E-state index is 11.7. The normalized spacial score (nSPS) is 10.4. The molecule has 4 heteroatoms. The summed E-state index contributed by atoms with van der Waals surface area (Å²) in [5, 5.41) is 2.83. The SMILES string of the molecule is Cc1ccc(C)c(CC(=O)NCCOCCCl)c1. The molecule has 18 heavy (non-hydrogen) atoms. The van der Waals surface area contributed by atoms with Crippen molar-refractivity contribution >= 4 is 17.5 Å². The molecule has 1 rings (SSSR count). The van der Waals surface area contributed by atoms with Crippen LogP contribution < -0.4 is 5.32 Å². The van der Waals surface area contributed by atoms with E-state index in [0.717, 1.165) is 11.1 Å². The standard InChI is InChI=1S/C14H20ClNO2/c1-11-3-4-12(2)13(9-11)10-14(17)16-6-8-18-7-5-15/h3-4,9H,5-8,10H2,1-2H3,(H,16,17). The second-order valence-electron chi connectivity index (χ2n) is 4.26. The molecule has 1 aromatic carbocycles. The quantitative estimate of drug-likeness (QED) is 0.609. The van der Waals surface area contributed by atoms with E-state index in [0.29, 0.717) is 32.1 Å². The van der Waals surface area contributed by atoms with Gasteiger partial charge >= 0.3 is 0 Å². The monoisotopic (exact) mass is 269 g/mol. The fourth-order valence-corrected chi connectivity index (χ4v) is 1.75. The van der Waals surface area contributed by atoms with E-state index < -0.39 is 0 Å². The number of hydrogen-bond donors (Lipinski definition) is 1. The van der Waals surface area contributed by atoms with Gasteiger partial charge in [0.2, 0.25) is 5.91 Å². The first-order chi connectivity index (χ1) is 8.63. The average Bonchev–Trinajstić information content (AvgIpc) is 2.33. The lowest BCUT2D eigenvalue weighted by Crippen LogP contribution is -2.29. The van der Waals surface area contributed by atoms with Gasteiger partial charge in [-0.15, -0.1) is 11.6 Å². The van der Waals surface area contributed by atoms with Crippen LogP contribution in [-0.4, -0.2) is 31.5 Å². The van der Waals surface area contributed by atoms with Gasteiger partial charge in [-0.05, 0) is 25.0 Å². The summed E-state index contributed by atoms with van der Waals surface area (Å²) in [4.78, 5) is 11.7. The van der Waals surface area contributed by atoms with Crippen molar-refractivity contribution in [2.24, 2.45) is 0 Å². The van der Waals surface area contributed by atoms with E-state index in [9.17, 15) is 4.79 Å². The number of nitrogens with one attached hydrogen (secondary N) is 1. The molecule has 0 aliphatic heterocycles. The molecular weight excluding hydrogens is 250 g/mol. The van der Waals surface area contributed by atoms with E-state index in [2.05, 4.69) is 17.4 Å². The second-order valence-corrected chi connectivity index (χ2v) is 4.64. The first kappa shape index (κ1) is 15.0. The number of ether oxygens (including phenoxy) is 1. The number of hydrogen-bond acceptors (Lipinski definition) is 2. The van der Waals surface area contributed by atoms with Gasteiger partial charge in [-0.3, -0.25) is 4.79 Å². The number of amides is 1.